The van der Waals surface area contributed by atoms with Gasteiger partial charge in [0.2, 0.25) is 0 Å². The first-order valence-electron chi connectivity index (χ1n) is 9.70. The van der Waals surface area contributed by atoms with Gasteiger partial charge >= 0.3 is 0 Å². The SMILES string of the molecule is N[C@H]1CCC[C@@H](n2c(-c3ccccc3F)nc3ccc(-c4nc[nH]n4)cc32)[C@@H]1O. The molecule has 8 heteroatoms. The number of aromatic amines is 1. The van der Waals surface area contributed by atoms with Crippen molar-refractivity contribution in [2.24, 2.45) is 5.73 Å². The number of hydrogen-bond acceptors (Lipinski definition) is 5. The Balaban J connectivity index is 1.76. The Morgan fingerprint density at radius 1 is 1.17 bits per heavy atom. The predicted molar refractivity (Wildman–Crippen MR) is 107 cm³/mol. The van der Waals surface area contributed by atoms with Crippen molar-refractivity contribution in [3.8, 4) is 22.8 Å². The van der Waals surface area contributed by atoms with E-state index in [1.807, 2.05) is 22.8 Å². The van der Waals surface area contributed by atoms with Crippen LogP contribution < -0.4 is 5.73 Å². The van der Waals surface area contributed by atoms with Crippen molar-refractivity contribution < 1.29 is 9.50 Å². The van der Waals surface area contributed by atoms with Crippen molar-refractivity contribution in [2.75, 3.05) is 0 Å². The third-order valence-electron chi connectivity index (χ3n) is 5.68. The van der Waals surface area contributed by atoms with Crippen molar-refractivity contribution in [3.63, 3.8) is 0 Å². The second kappa shape index (κ2) is 7.06. The molecule has 1 fully saturated rings. The number of benzene rings is 2. The summed E-state index contributed by atoms with van der Waals surface area (Å²) in [6, 6.07) is 11.6. The molecule has 0 spiro atoms. The summed E-state index contributed by atoms with van der Waals surface area (Å²) in [4.78, 5) is 8.94. The zero-order valence-electron chi connectivity index (χ0n) is 15.7. The van der Waals surface area contributed by atoms with Gasteiger partial charge in [-0.25, -0.2) is 14.4 Å². The zero-order valence-corrected chi connectivity index (χ0v) is 15.7. The number of aliphatic hydroxyl groups excluding tert-OH is 1. The lowest BCUT2D eigenvalue weighted by atomic mass is 9.88. The van der Waals surface area contributed by atoms with E-state index in [0.717, 1.165) is 30.3 Å². The molecule has 2 aromatic heterocycles. The van der Waals surface area contributed by atoms with E-state index >= 15 is 0 Å². The number of nitrogens with two attached hydrogens (primary N) is 1. The Morgan fingerprint density at radius 3 is 2.83 bits per heavy atom. The van der Waals surface area contributed by atoms with Gasteiger partial charge in [0, 0.05) is 11.6 Å². The fourth-order valence-electron chi connectivity index (χ4n) is 4.22. The second-order valence-corrected chi connectivity index (χ2v) is 7.46. The maximum Gasteiger partial charge on any atom is 0.180 e. The highest BCUT2D eigenvalue weighted by molar-refractivity contribution is 5.85. The van der Waals surface area contributed by atoms with Crippen LogP contribution in [0, 0.1) is 5.82 Å². The molecule has 7 nitrogen and oxygen atoms in total. The smallest absolute Gasteiger partial charge is 0.180 e. The summed E-state index contributed by atoms with van der Waals surface area (Å²) in [6.07, 6.45) is 3.18. The van der Waals surface area contributed by atoms with Crippen LogP contribution in [0.1, 0.15) is 25.3 Å². The van der Waals surface area contributed by atoms with Gasteiger partial charge in [0.15, 0.2) is 5.82 Å². The fourth-order valence-corrected chi connectivity index (χ4v) is 4.22. The van der Waals surface area contributed by atoms with Crippen molar-refractivity contribution in [1.82, 2.24) is 24.7 Å². The number of aliphatic hydroxyl groups is 1. The molecule has 0 amide bonds. The van der Waals surface area contributed by atoms with E-state index < -0.39 is 6.10 Å². The van der Waals surface area contributed by atoms with Crippen molar-refractivity contribution in [2.45, 2.75) is 37.5 Å². The molecule has 2 aromatic carbocycles. The molecule has 4 N–H and O–H groups in total. The highest BCUT2D eigenvalue weighted by Crippen LogP contribution is 2.37. The summed E-state index contributed by atoms with van der Waals surface area (Å²) in [5.74, 6) is 0.698. The van der Waals surface area contributed by atoms with E-state index in [0.29, 0.717) is 22.7 Å². The van der Waals surface area contributed by atoms with Gasteiger partial charge in [-0.2, -0.15) is 5.10 Å². The molecule has 0 radical (unpaired) electrons. The number of hydrogen-bond donors (Lipinski definition) is 3. The molecule has 148 valence electrons. The van der Waals surface area contributed by atoms with Crippen molar-refractivity contribution in [3.05, 3.63) is 54.6 Å². The van der Waals surface area contributed by atoms with E-state index in [1.54, 1.807) is 18.2 Å². The topological polar surface area (TPSA) is 106 Å². The fraction of sp³-hybridized carbons (Fsp3) is 0.286. The number of halogens is 1. The maximum atomic E-state index is 14.7. The molecule has 0 saturated heterocycles. The Hall–Kier alpha value is -3.10. The van der Waals surface area contributed by atoms with Crippen molar-refractivity contribution >= 4 is 11.0 Å². The van der Waals surface area contributed by atoms with Crippen LogP contribution in [0.2, 0.25) is 0 Å². The van der Waals surface area contributed by atoms with Crippen LogP contribution >= 0.6 is 0 Å². The molecule has 0 unspecified atom stereocenters. The number of H-pyrrole nitrogens is 1. The van der Waals surface area contributed by atoms with Gasteiger partial charge < -0.3 is 15.4 Å². The first kappa shape index (κ1) is 18.0. The summed E-state index contributed by atoms with van der Waals surface area (Å²) >= 11 is 0. The number of nitrogens with zero attached hydrogens (tertiary/aromatic N) is 4. The standard InChI is InChI=1S/C21H21FN6O/c22-14-5-2-1-4-13(14)21-26-16-9-8-12(20-24-11-25-27-20)10-18(16)28(21)17-7-3-6-15(23)19(17)29/h1-2,4-5,8-11,15,17,19,29H,3,6-7,23H2,(H,24,25,27)/t15-,17+,19+/m0/s1. The van der Waals surface area contributed by atoms with Crippen LogP contribution in [0.5, 0.6) is 0 Å². The largest absolute Gasteiger partial charge is 0.389 e. The summed E-state index contributed by atoms with van der Waals surface area (Å²) < 4.78 is 16.6. The minimum atomic E-state index is -0.737. The van der Waals surface area contributed by atoms with Gasteiger partial charge in [0.25, 0.3) is 0 Å². The molecular weight excluding hydrogens is 371 g/mol. The molecule has 0 bridgehead atoms. The van der Waals surface area contributed by atoms with Gasteiger partial charge in [0.1, 0.15) is 18.0 Å². The summed E-state index contributed by atoms with van der Waals surface area (Å²) in [5, 5.41) is 17.7. The van der Waals surface area contributed by atoms with E-state index in [9.17, 15) is 9.50 Å². The Kier molecular flexibility index (Phi) is 4.37. The van der Waals surface area contributed by atoms with Gasteiger partial charge in [-0.05, 0) is 49.6 Å². The van der Waals surface area contributed by atoms with E-state index in [2.05, 4.69) is 15.2 Å². The highest BCUT2D eigenvalue weighted by Gasteiger charge is 2.34. The second-order valence-electron chi connectivity index (χ2n) is 7.46. The third-order valence-corrected chi connectivity index (χ3v) is 5.68. The zero-order chi connectivity index (χ0) is 20.0. The molecule has 3 atom stereocenters. The molecule has 1 aliphatic rings. The third kappa shape index (κ3) is 3.01. The molecule has 2 heterocycles. The van der Waals surface area contributed by atoms with E-state index in [4.69, 9.17) is 10.7 Å². The minimum absolute atomic E-state index is 0.291. The predicted octanol–water partition coefficient (Wildman–Crippen LogP) is 3.04. The molecule has 1 saturated carbocycles. The highest BCUT2D eigenvalue weighted by atomic mass is 19.1. The Morgan fingerprint density at radius 2 is 2.03 bits per heavy atom. The molecule has 1 aliphatic carbocycles. The number of nitrogens with one attached hydrogen (secondary N) is 1. The number of rotatable bonds is 3. The number of imidazole rings is 1. The molecule has 5 rings (SSSR count). The average Bonchev–Trinajstić information content (AvgIpc) is 3.38. The van der Waals surface area contributed by atoms with Gasteiger partial charge in [0.05, 0.1) is 28.7 Å². The normalized spacial score (nSPS) is 22.2. The summed E-state index contributed by atoms with van der Waals surface area (Å²) in [6.45, 7) is 0. The van der Waals surface area contributed by atoms with Gasteiger partial charge in [-0.15, -0.1) is 0 Å². The lowest BCUT2D eigenvalue weighted by Crippen LogP contribution is -2.44. The van der Waals surface area contributed by atoms with Crippen LogP contribution in [-0.2, 0) is 0 Å². The van der Waals surface area contributed by atoms with Crippen LogP contribution in [0.3, 0.4) is 0 Å². The van der Waals surface area contributed by atoms with Crippen LogP contribution in [0.25, 0.3) is 33.8 Å². The van der Waals surface area contributed by atoms with Crippen LogP contribution in [0.4, 0.5) is 4.39 Å². The minimum Gasteiger partial charge on any atom is -0.389 e. The molecular formula is C21H21FN6O. The Bertz CT molecular complexity index is 1160. The summed E-state index contributed by atoms with van der Waals surface area (Å²) in [5.41, 5.74) is 8.89. The Labute approximate surface area is 166 Å². The molecule has 29 heavy (non-hydrogen) atoms. The van der Waals surface area contributed by atoms with Gasteiger partial charge in [-0.3, -0.25) is 5.10 Å². The average molecular weight is 392 g/mol. The first-order chi connectivity index (χ1) is 14.1. The van der Waals surface area contributed by atoms with E-state index in [-0.39, 0.29) is 17.9 Å². The van der Waals surface area contributed by atoms with Crippen molar-refractivity contribution in [1.29, 1.82) is 0 Å². The monoisotopic (exact) mass is 392 g/mol. The molecule has 0 aliphatic heterocycles. The number of fused-ring (bicyclic) bond motifs is 1. The van der Waals surface area contributed by atoms with Crippen LogP contribution in [0.15, 0.2) is 48.8 Å². The van der Waals surface area contributed by atoms with Gasteiger partial charge in [-0.1, -0.05) is 12.1 Å². The lowest BCUT2D eigenvalue weighted by molar-refractivity contribution is 0.0594. The summed E-state index contributed by atoms with van der Waals surface area (Å²) in [7, 11) is 0. The lowest BCUT2D eigenvalue weighted by Gasteiger charge is -2.34. The molecule has 4 aromatic rings. The quantitative estimate of drug-likeness (QED) is 0.497. The first-order valence-corrected chi connectivity index (χ1v) is 9.70. The van der Waals surface area contributed by atoms with Crippen LogP contribution in [-0.4, -0.2) is 42.0 Å². The number of aromatic nitrogens is 5. The maximum absolute atomic E-state index is 14.7. The van der Waals surface area contributed by atoms with E-state index in [1.165, 1.54) is 12.4 Å².